The fourth-order valence-electron chi connectivity index (χ4n) is 4.73. The van der Waals surface area contributed by atoms with Gasteiger partial charge in [-0.2, -0.15) is 0 Å². The third-order valence-corrected chi connectivity index (χ3v) is 8.02. The number of nitrogens with two attached hydrogens (primary N) is 1. The Kier molecular flexibility index (Phi) is 9.61. The van der Waals surface area contributed by atoms with E-state index >= 15 is 0 Å². The van der Waals surface area contributed by atoms with Crippen LogP contribution in [0.15, 0.2) is 77.7 Å². The van der Waals surface area contributed by atoms with Gasteiger partial charge < -0.3 is 25.0 Å². The smallest absolute Gasteiger partial charge is 0.298 e. The first kappa shape index (κ1) is 28.7. The number of carbonyl (C=O) groups is 2. The van der Waals surface area contributed by atoms with Gasteiger partial charge in [0.25, 0.3) is 11.1 Å². The zero-order valence-corrected chi connectivity index (χ0v) is 24.1. The average molecular weight is 573 g/mol. The SMILES string of the molecule is CN1CCN(CCCCCOc2cccc(N3C(=O)SC(=Cc4ccc(Oc5ccc(N)cc5)cc4)C3=O)c2)CC1. The number of unbranched alkanes of at least 4 members (excludes halogenated alkanes) is 2. The van der Waals surface area contributed by atoms with E-state index in [1.54, 1.807) is 42.5 Å². The van der Waals surface area contributed by atoms with Gasteiger partial charge in [-0.25, -0.2) is 4.90 Å². The van der Waals surface area contributed by atoms with E-state index < -0.39 is 0 Å². The van der Waals surface area contributed by atoms with Crippen molar-refractivity contribution >= 4 is 40.4 Å². The molecule has 2 saturated heterocycles. The van der Waals surface area contributed by atoms with Crippen LogP contribution in [0.3, 0.4) is 0 Å². The number of hydrogen-bond acceptors (Lipinski definition) is 8. The van der Waals surface area contributed by atoms with Crippen molar-refractivity contribution in [1.82, 2.24) is 9.80 Å². The molecule has 2 heterocycles. The Morgan fingerprint density at radius 3 is 2.29 bits per heavy atom. The van der Waals surface area contributed by atoms with Crippen molar-refractivity contribution in [1.29, 1.82) is 0 Å². The molecule has 2 amide bonds. The van der Waals surface area contributed by atoms with Gasteiger partial charge in [0.1, 0.15) is 17.2 Å². The zero-order valence-electron chi connectivity index (χ0n) is 23.3. The maximum absolute atomic E-state index is 13.2. The third kappa shape index (κ3) is 7.91. The third-order valence-electron chi connectivity index (χ3n) is 7.15. The predicted molar refractivity (Wildman–Crippen MR) is 166 cm³/mol. The number of nitrogen functional groups attached to an aromatic ring is 1. The average Bonchev–Trinajstić information content (AvgIpc) is 3.26. The standard InChI is InChI=1S/C32H36N4O4S/c1-34-17-19-35(20-18-34)16-3-2-4-21-39-29-7-5-6-26(23-29)36-31(37)30(41-32(36)38)22-24-8-12-27(13-9-24)40-28-14-10-25(33)11-15-28/h5-15,22-23H,2-4,16-21,33H2,1H3. The molecule has 2 aliphatic rings. The van der Waals surface area contributed by atoms with Crippen LogP contribution in [0.2, 0.25) is 0 Å². The van der Waals surface area contributed by atoms with Gasteiger partial charge in [0.05, 0.1) is 17.2 Å². The van der Waals surface area contributed by atoms with Gasteiger partial charge in [0.2, 0.25) is 0 Å². The summed E-state index contributed by atoms with van der Waals surface area (Å²) in [7, 11) is 2.18. The number of anilines is 2. The lowest BCUT2D eigenvalue weighted by molar-refractivity contribution is -0.113. The number of nitrogens with zero attached hydrogens (tertiary/aromatic N) is 3. The molecule has 0 spiro atoms. The van der Waals surface area contributed by atoms with E-state index in [1.807, 2.05) is 36.4 Å². The molecule has 2 N–H and O–H groups in total. The van der Waals surface area contributed by atoms with E-state index in [0.717, 1.165) is 69.3 Å². The van der Waals surface area contributed by atoms with Crippen molar-refractivity contribution in [2.45, 2.75) is 19.3 Å². The van der Waals surface area contributed by atoms with Crippen LogP contribution in [0.4, 0.5) is 16.2 Å². The summed E-state index contributed by atoms with van der Waals surface area (Å²) in [6, 6.07) is 21.7. The number of imide groups is 1. The molecule has 0 unspecified atom stereocenters. The number of hydrogen-bond donors (Lipinski definition) is 1. The Balaban J connectivity index is 1.12. The van der Waals surface area contributed by atoms with Crippen LogP contribution in [0.5, 0.6) is 17.2 Å². The molecular weight excluding hydrogens is 536 g/mol. The van der Waals surface area contributed by atoms with Gasteiger partial charge in [-0.15, -0.1) is 0 Å². The topological polar surface area (TPSA) is 88.3 Å². The summed E-state index contributed by atoms with van der Waals surface area (Å²) >= 11 is 0.932. The number of likely N-dealkylation sites (N-methyl/N-ethyl adjacent to an activating group) is 1. The molecule has 0 saturated carbocycles. The van der Waals surface area contributed by atoms with Crippen molar-refractivity contribution in [3.05, 3.63) is 83.3 Å². The zero-order chi connectivity index (χ0) is 28.6. The molecule has 3 aromatic carbocycles. The normalized spacial score (nSPS) is 17.4. The summed E-state index contributed by atoms with van der Waals surface area (Å²) in [6.07, 6.45) is 4.95. The first-order valence-corrected chi connectivity index (χ1v) is 14.8. The number of carbonyl (C=O) groups excluding carboxylic acids is 2. The van der Waals surface area contributed by atoms with E-state index in [0.29, 0.717) is 40.1 Å². The Bertz CT molecular complexity index is 1370. The monoisotopic (exact) mass is 572 g/mol. The van der Waals surface area contributed by atoms with Gasteiger partial charge in [-0.3, -0.25) is 9.59 Å². The van der Waals surface area contributed by atoms with Crippen molar-refractivity contribution in [3.8, 4) is 17.2 Å². The van der Waals surface area contributed by atoms with Crippen molar-refractivity contribution in [2.75, 3.05) is 57.0 Å². The highest BCUT2D eigenvalue weighted by Crippen LogP contribution is 2.37. The first-order chi connectivity index (χ1) is 19.9. The molecule has 214 valence electrons. The highest BCUT2D eigenvalue weighted by Gasteiger charge is 2.36. The number of thioether (sulfide) groups is 1. The number of benzene rings is 3. The molecule has 0 aromatic heterocycles. The van der Waals surface area contributed by atoms with Crippen LogP contribution < -0.4 is 20.1 Å². The van der Waals surface area contributed by atoms with Gasteiger partial charge >= 0.3 is 0 Å². The molecule has 3 aromatic rings. The van der Waals surface area contributed by atoms with Crippen LogP contribution in [-0.4, -0.2) is 67.3 Å². The van der Waals surface area contributed by atoms with E-state index in [9.17, 15) is 9.59 Å². The van der Waals surface area contributed by atoms with Crippen molar-refractivity contribution in [3.63, 3.8) is 0 Å². The fraction of sp³-hybridized carbons (Fsp3) is 0.312. The van der Waals surface area contributed by atoms with E-state index in [4.69, 9.17) is 15.2 Å². The second-order valence-corrected chi connectivity index (χ2v) is 11.3. The van der Waals surface area contributed by atoms with E-state index in [1.165, 1.54) is 4.90 Å². The predicted octanol–water partition coefficient (Wildman–Crippen LogP) is 6.10. The Hall–Kier alpha value is -3.79. The molecule has 9 heteroatoms. The summed E-state index contributed by atoms with van der Waals surface area (Å²) in [5.41, 5.74) is 7.70. The summed E-state index contributed by atoms with van der Waals surface area (Å²) in [5, 5.41) is -0.328. The van der Waals surface area contributed by atoms with Crippen molar-refractivity contribution < 1.29 is 19.1 Å². The number of rotatable bonds is 11. The van der Waals surface area contributed by atoms with E-state index in [2.05, 4.69) is 16.8 Å². The molecule has 0 atom stereocenters. The highest BCUT2D eigenvalue weighted by molar-refractivity contribution is 8.19. The summed E-state index contributed by atoms with van der Waals surface area (Å²) in [4.78, 5) is 32.5. The van der Waals surface area contributed by atoms with E-state index in [-0.39, 0.29) is 11.1 Å². The van der Waals surface area contributed by atoms with Crippen molar-refractivity contribution in [2.24, 2.45) is 0 Å². The van der Waals surface area contributed by atoms with Crippen LogP contribution in [0, 0.1) is 0 Å². The quantitative estimate of drug-likeness (QED) is 0.168. The number of ether oxygens (including phenoxy) is 2. The number of piperazine rings is 1. The lowest BCUT2D eigenvalue weighted by Gasteiger charge is -2.32. The van der Waals surface area contributed by atoms with Crippen LogP contribution in [-0.2, 0) is 4.79 Å². The molecule has 0 bridgehead atoms. The molecular formula is C32H36N4O4S. The molecule has 8 nitrogen and oxygen atoms in total. The molecule has 0 radical (unpaired) electrons. The largest absolute Gasteiger partial charge is 0.494 e. The van der Waals surface area contributed by atoms with Gasteiger partial charge in [0.15, 0.2) is 0 Å². The van der Waals surface area contributed by atoms with Crippen LogP contribution in [0.25, 0.3) is 6.08 Å². The Labute approximate surface area is 245 Å². The van der Waals surface area contributed by atoms with Gasteiger partial charge in [0, 0.05) is 37.9 Å². The molecule has 2 fully saturated rings. The minimum atomic E-state index is -0.344. The summed E-state index contributed by atoms with van der Waals surface area (Å²) in [6.45, 7) is 6.33. The maximum Gasteiger partial charge on any atom is 0.298 e. The Morgan fingerprint density at radius 2 is 1.56 bits per heavy atom. The Morgan fingerprint density at radius 1 is 0.854 bits per heavy atom. The lowest BCUT2D eigenvalue weighted by Crippen LogP contribution is -2.44. The minimum absolute atomic E-state index is 0.328. The molecule has 41 heavy (non-hydrogen) atoms. The lowest BCUT2D eigenvalue weighted by atomic mass is 10.2. The van der Waals surface area contributed by atoms with Crippen LogP contribution in [0.1, 0.15) is 24.8 Å². The first-order valence-electron chi connectivity index (χ1n) is 14.0. The number of amides is 2. The molecule has 2 aliphatic heterocycles. The van der Waals surface area contributed by atoms with Crippen LogP contribution >= 0.6 is 11.8 Å². The summed E-state index contributed by atoms with van der Waals surface area (Å²) < 4.78 is 11.8. The second-order valence-electron chi connectivity index (χ2n) is 10.3. The van der Waals surface area contributed by atoms with Gasteiger partial charge in [-0.05, 0) is 105 Å². The maximum atomic E-state index is 13.2. The second kappa shape index (κ2) is 13.7. The molecule has 5 rings (SSSR count). The summed E-state index contributed by atoms with van der Waals surface area (Å²) in [5.74, 6) is 1.65. The fourth-order valence-corrected chi connectivity index (χ4v) is 5.58. The highest BCUT2D eigenvalue weighted by atomic mass is 32.2. The minimum Gasteiger partial charge on any atom is -0.494 e. The molecule has 0 aliphatic carbocycles. The van der Waals surface area contributed by atoms with Gasteiger partial charge in [-0.1, -0.05) is 18.2 Å².